The number of benzene rings is 1. The molecule has 0 radical (unpaired) electrons. The number of fused-ring (bicyclic) bond motifs is 1. The Hall–Kier alpha value is -0.470. The molecular formula is C18H29NS. The Morgan fingerprint density at radius 1 is 1.25 bits per heavy atom. The average molecular weight is 292 g/mol. The van der Waals surface area contributed by atoms with E-state index in [0.29, 0.717) is 23.1 Å². The van der Waals surface area contributed by atoms with Crippen molar-refractivity contribution in [3.05, 3.63) is 34.9 Å². The smallest absolute Gasteiger partial charge is 0.0446 e. The molecule has 0 aliphatic carbocycles. The molecule has 2 atom stereocenters. The van der Waals surface area contributed by atoms with E-state index in [1.165, 1.54) is 23.3 Å². The van der Waals surface area contributed by atoms with E-state index in [2.05, 4.69) is 69.9 Å². The van der Waals surface area contributed by atoms with Crippen LogP contribution in [0.3, 0.4) is 0 Å². The minimum atomic E-state index is 0.516. The Balaban J connectivity index is 2.35. The summed E-state index contributed by atoms with van der Waals surface area (Å²) in [6.07, 6.45) is 1.20. The van der Waals surface area contributed by atoms with Crippen LogP contribution in [0.1, 0.15) is 69.7 Å². The van der Waals surface area contributed by atoms with Crippen molar-refractivity contribution in [2.24, 2.45) is 5.92 Å². The van der Waals surface area contributed by atoms with E-state index in [1.54, 1.807) is 5.56 Å². The minimum absolute atomic E-state index is 0.516. The molecule has 2 heteroatoms. The lowest BCUT2D eigenvalue weighted by atomic mass is 9.89. The number of hydrogen-bond donors (Lipinski definition) is 1. The monoisotopic (exact) mass is 291 g/mol. The van der Waals surface area contributed by atoms with Gasteiger partial charge in [0.2, 0.25) is 0 Å². The second-order valence-electron chi connectivity index (χ2n) is 6.56. The lowest BCUT2D eigenvalue weighted by molar-refractivity contribution is 0.438. The molecule has 1 heterocycles. The maximum absolute atomic E-state index is 3.80. The highest BCUT2D eigenvalue weighted by Crippen LogP contribution is 2.42. The molecule has 0 aromatic heterocycles. The standard InChI is InChI=1S/C18H29NS/c1-6-9-19-17-16-10-14(12(2)3)7-8-15(16)11-20-18(17)13(4)5/h7-8,10,12-13,17-19H,6,9,11H2,1-5H3. The zero-order valence-corrected chi connectivity index (χ0v) is 14.4. The summed E-state index contributed by atoms with van der Waals surface area (Å²) in [5.41, 5.74) is 4.56. The number of rotatable bonds is 5. The molecular weight excluding hydrogens is 262 g/mol. The van der Waals surface area contributed by atoms with Crippen molar-refractivity contribution in [3.63, 3.8) is 0 Å². The van der Waals surface area contributed by atoms with Gasteiger partial charge in [-0.15, -0.1) is 0 Å². The normalized spacial score (nSPS) is 22.4. The van der Waals surface area contributed by atoms with Crippen LogP contribution in [-0.4, -0.2) is 11.8 Å². The highest BCUT2D eigenvalue weighted by molar-refractivity contribution is 7.99. The van der Waals surface area contributed by atoms with E-state index in [-0.39, 0.29) is 0 Å². The fourth-order valence-electron chi connectivity index (χ4n) is 2.96. The van der Waals surface area contributed by atoms with Crippen molar-refractivity contribution in [3.8, 4) is 0 Å². The topological polar surface area (TPSA) is 12.0 Å². The van der Waals surface area contributed by atoms with Crippen LogP contribution in [0.2, 0.25) is 0 Å². The van der Waals surface area contributed by atoms with E-state index >= 15 is 0 Å². The molecule has 0 fully saturated rings. The lowest BCUT2D eigenvalue weighted by Crippen LogP contribution is -2.36. The van der Waals surface area contributed by atoms with Crippen LogP contribution >= 0.6 is 11.8 Å². The van der Waals surface area contributed by atoms with Crippen LogP contribution in [0.15, 0.2) is 18.2 Å². The second-order valence-corrected chi connectivity index (χ2v) is 7.73. The molecule has 0 saturated heterocycles. The molecule has 112 valence electrons. The van der Waals surface area contributed by atoms with Gasteiger partial charge in [0.1, 0.15) is 0 Å². The zero-order valence-electron chi connectivity index (χ0n) is 13.6. The van der Waals surface area contributed by atoms with Crippen molar-refractivity contribution in [2.45, 2.75) is 64.0 Å². The first-order valence-electron chi connectivity index (χ1n) is 8.02. The van der Waals surface area contributed by atoms with Gasteiger partial charge in [-0.1, -0.05) is 52.8 Å². The van der Waals surface area contributed by atoms with E-state index in [9.17, 15) is 0 Å². The van der Waals surface area contributed by atoms with Gasteiger partial charge in [-0.3, -0.25) is 0 Å². The number of hydrogen-bond acceptors (Lipinski definition) is 2. The van der Waals surface area contributed by atoms with Gasteiger partial charge >= 0.3 is 0 Å². The summed E-state index contributed by atoms with van der Waals surface area (Å²) in [6.45, 7) is 12.6. The Labute approximate surface area is 128 Å². The predicted molar refractivity (Wildman–Crippen MR) is 91.5 cm³/mol. The van der Waals surface area contributed by atoms with E-state index in [4.69, 9.17) is 0 Å². The first-order chi connectivity index (χ1) is 9.54. The first kappa shape index (κ1) is 15.9. The molecule has 1 N–H and O–H groups in total. The third-order valence-corrected chi connectivity index (χ3v) is 5.88. The highest BCUT2D eigenvalue weighted by Gasteiger charge is 2.31. The molecule has 2 rings (SSSR count). The maximum atomic E-state index is 3.80. The molecule has 0 spiro atoms. The Kier molecular flexibility index (Phi) is 5.57. The van der Waals surface area contributed by atoms with Gasteiger partial charge in [0.05, 0.1) is 0 Å². The summed E-state index contributed by atoms with van der Waals surface area (Å²) in [4.78, 5) is 0. The van der Waals surface area contributed by atoms with E-state index in [1.807, 2.05) is 0 Å². The molecule has 0 amide bonds. The number of thioether (sulfide) groups is 1. The van der Waals surface area contributed by atoms with Gasteiger partial charge in [0.15, 0.2) is 0 Å². The molecule has 1 aliphatic heterocycles. The van der Waals surface area contributed by atoms with Crippen molar-refractivity contribution in [2.75, 3.05) is 6.54 Å². The van der Waals surface area contributed by atoms with Crippen LogP contribution in [0.4, 0.5) is 0 Å². The fraction of sp³-hybridized carbons (Fsp3) is 0.667. The molecule has 1 aliphatic rings. The summed E-state index contributed by atoms with van der Waals surface area (Å²) in [5.74, 6) is 2.49. The van der Waals surface area contributed by atoms with Crippen LogP contribution in [0, 0.1) is 5.92 Å². The molecule has 0 bridgehead atoms. The van der Waals surface area contributed by atoms with Crippen LogP contribution < -0.4 is 5.32 Å². The average Bonchev–Trinajstić information content (AvgIpc) is 2.43. The summed E-state index contributed by atoms with van der Waals surface area (Å²) in [7, 11) is 0. The maximum Gasteiger partial charge on any atom is 0.0446 e. The summed E-state index contributed by atoms with van der Waals surface area (Å²) < 4.78 is 0. The van der Waals surface area contributed by atoms with Gasteiger partial charge in [0.25, 0.3) is 0 Å². The zero-order chi connectivity index (χ0) is 14.7. The van der Waals surface area contributed by atoms with Gasteiger partial charge < -0.3 is 5.32 Å². The molecule has 1 aromatic carbocycles. The lowest BCUT2D eigenvalue weighted by Gasteiger charge is -2.37. The largest absolute Gasteiger partial charge is 0.309 e. The third-order valence-electron chi connectivity index (χ3n) is 4.20. The molecule has 0 saturated carbocycles. The van der Waals surface area contributed by atoms with Gasteiger partial charge in [-0.2, -0.15) is 11.8 Å². The molecule has 1 aromatic rings. The van der Waals surface area contributed by atoms with Crippen molar-refractivity contribution in [1.29, 1.82) is 0 Å². The SMILES string of the molecule is CCCNC1c2cc(C(C)C)ccc2CSC1C(C)C. The van der Waals surface area contributed by atoms with E-state index < -0.39 is 0 Å². The van der Waals surface area contributed by atoms with Crippen molar-refractivity contribution < 1.29 is 0 Å². The second kappa shape index (κ2) is 7.00. The first-order valence-corrected chi connectivity index (χ1v) is 9.07. The van der Waals surface area contributed by atoms with Crippen LogP contribution in [0.25, 0.3) is 0 Å². The van der Waals surface area contributed by atoms with Crippen molar-refractivity contribution >= 4 is 11.8 Å². The summed E-state index contributed by atoms with van der Waals surface area (Å²) in [6, 6.07) is 7.65. The minimum Gasteiger partial charge on any atom is -0.309 e. The van der Waals surface area contributed by atoms with Gasteiger partial charge in [-0.05, 0) is 41.5 Å². The fourth-order valence-corrected chi connectivity index (χ4v) is 4.41. The van der Waals surface area contributed by atoms with Gasteiger partial charge in [0, 0.05) is 17.0 Å². The van der Waals surface area contributed by atoms with E-state index in [0.717, 1.165) is 6.54 Å². The quantitative estimate of drug-likeness (QED) is 0.808. The molecule has 1 nitrogen and oxygen atoms in total. The molecule has 2 unspecified atom stereocenters. The Bertz CT molecular complexity index is 439. The number of nitrogens with one attached hydrogen (secondary N) is 1. The summed E-state index contributed by atoms with van der Waals surface area (Å²) >= 11 is 2.12. The van der Waals surface area contributed by atoms with Crippen LogP contribution in [0.5, 0.6) is 0 Å². The highest BCUT2D eigenvalue weighted by atomic mass is 32.2. The van der Waals surface area contributed by atoms with Gasteiger partial charge in [-0.25, -0.2) is 0 Å². The Morgan fingerprint density at radius 3 is 2.60 bits per heavy atom. The van der Waals surface area contributed by atoms with Crippen LogP contribution in [-0.2, 0) is 5.75 Å². The third kappa shape index (κ3) is 3.40. The predicted octanol–water partition coefficient (Wildman–Crippen LogP) is 5.12. The summed E-state index contributed by atoms with van der Waals surface area (Å²) in [5, 5.41) is 4.50. The Morgan fingerprint density at radius 2 is 2.00 bits per heavy atom. The van der Waals surface area contributed by atoms with Crippen molar-refractivity contribution in [1.82, 2.24) is 5.32 Å². The molecule has 20 heavy (non-hydrogen) atoms.